The first kappa shape index (κ1) is 13.4. The summed E-state index contributed by atoms with van der Waals surface area (Å²) in [4.78, 5) is 11.0. The van der Waals surface area contributed by atoms with Crippen LogP contribution in [0.2, 0.25) is 0 Å². The molecule has 5 nitrogen and oxygen atoms in total. The number of aliphatic hydroxyl groups is 1. The molecule has 0 aromatic rings. The van der Waals surface area contributed by atoms with E-state index >= 15 is 0 Å². The number of hydrogen-bond donors (Lipinski definition) is 4. The Kier molecular flexibility index (Phi) is 8.51. The second-order valence-corrected chi connectivity index (χ2v) is 3.19. The summed E-state index contributed by atoms with van der Waals surface area (Å²) in [5, 5.41) is 14.8. The van der Waals surface area contributed by atoms with E-state index in [1.54, 1.807) is 0 Å². The van der Waals surface area contributed by atoms with E-state index in [-0.39, 0.29) is 12.5 Å². The third-order valence-electron chi connectivity index (χ3n) is 1.75. The number of carbonyl (C=O) groups is 1. The minimum absolute atomic E-state index is 0.0775. The first-order valence-corrected chi connectivity index (χ1v) is 5.06. The topological polar surface area (TPSA) is 87.4 Å². The minimum atomic E-state index is -0.499. The second-order valence-electron chi connectivity index (χ2n) is 3.19. The second kappa shape index (κ2) is 8.93. The highest BCUT2D eigenvalue weighted by atomic mass is 16.3. The molecule has 1 unspecified atom stereocenters. The molecule has 1 amide bonds. The fourth-order valence-electron chi connectivity index (χ4n) is 0.958. The van der Waals surface area contributed by atoms with Crippen LogP contribution in [0.25, 0.3) is 0 Å². The van der Waals surface area contributed by atoms with Crippen molar-refractivity contribution in [3.63, 3.8) is 0 Å². The lowest BCUT2D eigenvalue weighted by molar-refractivity contribution is -0.121. The van der Waals surface area contributed by atoms with Crippen molar-refractivity contribution in [3.8, 4) is 0 Å². The molecule has 0 radical (unpaired) electrons. The first-order chi connectivity index (χ1) is 6.70. The van der Waals surface area contributed by atoms with Gasteiger partial charge in [0.05, 0.1) is 6.10 Å². The summed E-state index contributed by atoms with van der Waals surface area (Å²) in [6, 6.07) is 0. The fourth-order valence-corrected chi connectivity index (χ4v) is 0.958. The molecule has 0 rings (SSSR count). The molecule has 14 heavy (non-hydrogen) atoms. The highest BCUT2D eigenvalue weighted by Gasteiger charge is 2.00. The summed E-state index contributed by atoms with van der Waals surface area (Å²) in [6.45, 7) is 3.95. The highest BCUT2D eigenvalue weighted by Crippen LogP contribution is 1.84. The van der Waals surface area contributed by atoms with Crippen molar-refractivity contribution >= 4 is 5.91 Å². The van der Waals surface area contributed by atoms with Crippen LogP contribution in [0.3, 0.4) is 0 Å². The molecule has 0 aromatic heterocycles. The van der Waals surface area contributed by atoms with Crippen LogP contribution in [0.15, 0.2) is 0 Å². The lowest BCUT2D eigenvalue weighted by Gasteiger charge is -2.09. The maximum absolute atomic E-state index is 11.0. The average Bonchev–Trinajstić information content (AvgIpc) is 2.17. The van der Waals surface area contributed by atoms with Crippen LogP contribution in [0.5, 0.6) is 0 Å². The number of carbonyl (C=O) groups excluding carboxylic acids is 1. The first-order valence-electron chi connectivity index (χ1n) is 5.06. The molecule has 0 spiro atoms. The van der Waals surface area contributed by atoms with Crippen LogP contribution < -0.4 is 16.4 Å². The molecule has 0 heterocycles. The summed E-state index contributed by atoms with van der Waals surface area (Å²) in [5.74, 6) is 0.0775. The van der Waals surface area contributed by atoms with Crippen molar-refractivity contribution in [3.05, 3.63) is 0 Å². The van der Waals surface area contributed by atoms with Crippen LogP contribution >= 0.6 is 0 Å². The van der Waals surface area contributed by atoms with E-state index in [1.807, 2.05) is 6.92 Å². The molecule has 0 aliphatic rings. The van der Waals surface area contributed by atoms with Gasteiger partial charge >= 0.3 is 0 Å². The number of nitrogens with two attached hydrogens (primary N) is 1. The zero-order valence-corrected chi connectivity index (χ0v) is 8.75. The lowest BCUT2D eigenvalue weighted by Crippen LogP contribution is -2.37. The Morgan fingerprint density at radius 3 is 2.79 bits per heavy atom. The van der Waals surface area contributed by atoms with Crippen LogP contribution in [0.1, 0.15) is 19.8 Å². The zero-order valence-electron chi connectivity index (χ0n) is 8.75. The minimum Gasteiger partial charge on any atom is -0.390 e. The van der Waals surface area contributed by atoms with Crippen molar-refractivity contribution in [2.45, 2.75) is 25.9 Å². The highest BCUT2D eigenvalue weighted by molar-refractivity contribution is 5.75. The van der Waals surface area contributed by atoms with Crippen LogP contribution in [-0.2, 0) is 4.79 Å². The Bertz CT molecular complexity index is 153. The van der Waals surface area contributed by atoms with Gasteiger partial charge in [-0.25, -0.2) is 0 Å². The van der Waals surface area contributed by atoms with Gasteiger partial charge in [0.15, 0.2) is 0 Å². The Hall–Kier alpha value is -0.650. The van der Waals surface area contributed by atoms with E-state index in [1.165, 1.54) is 0 Å². The van der Waals surface area contributed by atoms with Crippen LogP contribution in [0.4, 0.5) is 0 Å². The van der Waals surface area contributed by atoms with Gasteiger partial charge in [0.2, 0.25) is 5.91 Å². The molecule has 5 N–H and O–H groups in total. The number of rotatable bonds is 8. The van der Waals surface area contributed by atoms with Gasteiger partial charge in [-0.3, -0.25) is 4.79 Å². The maximum Gasteiger partial charge on any atom is 0.220 e. The molecule has 84 valence electrons. The molecule has 0 aliphatic heterocycles. The van der Waals surface area contributed by atoms with E-state index in [4.69, 9.17) is 10.8 Å². The molecule has 5 heteroatoms. The Morgan fingerprint density at radius 2 is 2.21 bits per heavy atom. The van der Waals surface area contributed by atoms with Gasteiger partial charge in [0.25, 0.3) is 0 Å². The maximum atomic E-state index is 11.0. The Morgan fingerprint density at radius 1 is 1.50 bits per heavy atom. The van der Waals surface area contributed by atoms with E-state index < -0.39 is 6.10 Å². The normalized spacial score (nSPS) is 12.5. The van der Waals surface area contributed by atoms with Crippen molar-refractivity contribution in [1.29, 1.82) is 0 Å². The van der Waals surface area contributed by atoms with E-state index in [0.29, 0.717) is 26.1 Å². The lowest BCUT2D eigenvalue weighted by atomic mass is 10.3. The molecule has 1 atom stereocenters. The fraction of sp³-hybridized carbons (Fsp3) is 0.889. The van der Waals surface area contributed by atoms with Crippen molar-refractivity contribution < 1.29 is 9.90 Å². The van der Waals surface area contributed by atoms with E-state index in [2.05, 4.69) is 10.6 Å². The van der Waals surface area contributed by atoms with Gasteiger partial charge in [-0.2, -0.15) is 0 Å². The molecule has 0 fully saturated rings. The predicted octanol–water partition coefficient (Wildman–Crippen LogP) is -1.19. The molecular weight excluding hydrogens is 182 g/mol. The molecule has 0 saturated heterocycles. The quantitative estimate of drug-likeness (QED) is 0.374. The van der Waals surface area contributed by atoms with E-state index in [0.717, 1.165) is 6.42 Å². The average molecular weight is 203 g/mol. The largest absolute Gasteiger partial charge is 0.390 e. The molecule has 0 saturated carbocycles. The van der Waals surface area contributed by atoms with Crippen molar-refractivity contribution in [1.82, 2.24) is 10.6 Å². The molecular formula is C9H21N3O2. The van der Waals surface area contributed by atoms with Gasteiger partial charge in [-0.15, -0.1) is 0 Å². The summed E-state index contributed by atoms with van der Waals surface area (Å²) >= 11 is 0. The standard InChI is InChI=1S/C9H21N3O2/c1-2-3-9(14)12-5-4-11-7-8(13)6-10/h8,11,13H,2-7,10H2,1H3,(H,12,14). The molecule has 0 aliphatic carbocycles. The van der Waals surface area contributed by atoms with Gasteiger partial charge in [-0.1, -0.05) is 6.92 Å². The molecule has 0 bridgehead atoms. The summed E-state index contributed by atoms with van der Waals surface area (Å²) in [5.41, 5.74) is 5.21. The molecule has 0 aromatic carbocycles. The number of hydrogen-bond acceptors (Lipinski definition) is 4. The monoisotopic (exact) mass is 203 g/mol. The van der Waals surface area contributed by atoms with E-state index in [9.17, 15) is 4.79 Å². The van der Waals surface area contributed by atoms with Crippen LogP contribution in [0, 0.1) is 0 Å². The van der Waals surface area contributed by atoms with Crippen molar-refractivity contribution in [2.24, 2.45) is 5.73 Å². The van der Waals surface area contributed by atoms with Gasteiger partial charge < -0.3 is 21.5 Å². The summed E-state index contributed by atoms with van der Waals surface area (Å²) < 4.78 is 0. The van der Waals surface area contributed by atoms with Gasteiger partial charge in [0.1, 0.15) is 0 Å². The predicted molar refractivity (Wildman–Crippen MR) is 55.8 cm³/mol. The third-order valence-corrected chi connectivity index (χ3v) is 1.75. The smallest absolute Gasteiger partial charge is 0.220 e. The Labute approximate surface area is 85.1 Å². The number of aliphatic hydroxyl groups excluding tert-OH is 1. The third kappa shape index (κ3) is 7.97. The Balaban J connectivity index is 3.17. The van der Waals surface area contributed by atoms with Gasteiger partial charge in [0, 0.05) is 32.6 Å². The SMILES string of the molecule is CCCC(=O)NCCNCC(O)CN. The van der Waals surface area contributed by atoms with Gasteiger partial charge in [-0.05, 0) is 6.42 Å². The number of nitrogens with one attached hydrogen (secondary N) is 2. The summed E-state index contributed by atoms with van der Waals surface area (Å²) in [6.07, 6.45) is 0.942. The summed E-state index contributed by atoms with van der Waals surface area (Å²) in [7, 11) is 0. The zero-order chi connectivity index (χ0) is 10.8. The van der Waals surface area contributed by atoms with Crippen LogP contribution in [-0.4, -0.2) is 43.3 Å². The van der Waals surface area contributed by atoms with Crippen molar-refractivity contribution in [2.75, 3.05) is 26.2 Å². The number of amides is 1.